The molecule has 2 heterocycles. The molecule has 0 fully saturated rings. The summed E-state index contributed by atoms with van der Waals surface area (Å²) in [5.74, 6) is -1.09. The first-order valence-electron chi connectivity index (χ1n) is 9.05. The Balaban J connectivity index is 1.53. The van der Waals surface area contributed by atoms with Crippen molar-refractivity contribution >= 4 is 39.8 Å². The normalized spacial score (nSPS) is 10.4. The third-order valence-electron chi connectivity index (χ3n) is 4.32. The molecule has 0 atom stereocenters. The summed E-state index contributed by atoms with van der Waals surface area (Å²) in [6.45, 7) is -0.444. The molecule has 146 valence electrons. The molecule has 0 aliphatic heterocycles. The largest absolute Gasteiger partial charge is 0.452 e. The van der Waals surface area contributed by atoms with Gasteiger partial charge in [0.05, 0.1) is 33.3 Å². The zero-order valence-corrected chi connectivity index (χ0v) is 16.5. The smallest absolute Gasteiger partial charge is 0.339 e. The summed E-state index contributed by atoms with van der Waals surface area (Å²) < 4.78 is 5.26. The average Bonchev–Trinajstić information content (AvgIpc) is 3.32. The van der Waals surface area contributed by atoms with Crippen LogP contribution in [0.1, 0.15) is 15.9 Å². The highest BCUT2D eigenvalue weighted by Gasteiger charge is 2.17. The number of hydrogen-bond donors (Lipinski definition) is 1. The number of pyridine rings is 1. The van der Waals surface area contributed by atoms with Crippen LogP contribution in [0.25, 0.3) is 21.5 Å². The van der Waals surface area contributed by atoms with E-state index in [1.807, 2.05) is 41.8 Å². The Morgan fingerprint density at radius 3 is 2.73 bits per heavy atom. The molecule has 2 aromatic carbocycles. The van der Waals surface area contributed by atoms with Gasteiger partial charge >= 0.3 is 5.97 Å². The highest BCUT2D eigenvalue weighted by Crippen LogP contribution is 2.28. The van der Waals surface area contributed by atoms with E-state index in [1.165, 1.54) is 11.3 Å². The second kappa shape index (κ2) is 8.55. The minimum absolute atomic E-state index is 0.350. The number of benzene rings is 2. The van der Waals surface area contributed by atoms with Crippen molar-refractivity contribution in [2.75, 3.05) is 11.9 Å². The Bertz CT molecular complexity index is 1280. The van der Waals surface area contributed by atoms with Gasteiger partial charge < -0.3 is 10.1 Å². The fourth-order valence-corrected chi connectivity index (χ4v) is 3.65. The molecule has 2 aromatic heterocycles. The number of rotatable bonds is 5. The van der Waals surface area contributed by atoms with Gasteiger partial charge in [0, 0.05) is 11.1 Å². The number of aromatic nitrogens is 1. The van der Waals surface area contributed by atoms with Crippen molar-refractivity contribution in [1.82, 2.24) is 4.98 Å². The average molecular weight is 413 g/mol. The summed E-state index contributed by atoms with van der Waals surface area (Å²) in [5.41, 5.74) is 2.59. The maximum absolute atomic E-state index is 12.8. The summed E-state index contributed by atoms with van der Waals surface area (Å²) >= 11 is 1.53. The molecule has 0 unspecified atom stereocenters. The molecule has 0 aliphatic carbocycles. The summed E-state index contributed by atoms with van der Waals surface area (Å²) in [7, 11) is 0. The number of nitrogens with one attached hydrogen (secondary N) is 1. The van der Waals surface area contributed by atoms with E-state index in [9.17, 15) is 9.59 Å². The molecule has 4 rings (SSSR count). The van der Waals surface area contributed by atoms with E-state index in [-0.39, 0.29) is 0 Å². The lowest BCUT2D eigenvalue weighted by Gasteiger charge is -2.10. The topological polar surface area (TPSA) is 92.1 Å². The van der Waals surface area contributed by atoms with E-state index >= 15 is 0 Å². The Morgan fingerprint density at radius 1 is 1.07 bits per heavy atom. The first-order valence-corrected chi connectivity index (χ1v) is 9.93. The SMILES string of the molecule is N#Cc1cccc(NC(=O)COC(=O)c2cc(-c3cccs3)nc3ccccc23)c1. The first-order chi connectivity index (χ1) is 14.6. The molecule has 0 aliphatic rings. The number of ether oxygens (including phenoxy) is 1. The fraction of sp³-hybridized carbons (Fsp3) is 0.0435. The number of carbonyl (C=O) groups excluding carboxylic acids is 2. The zero-order chi connectivity index (χ0) is 20.9. The molecule has 7 heteroatoms. The number of nitrogens with zero attached hydrogens (tertiary/aromatic N) is 2. The molecule has 0 saturated heterocycles. The van der Waals surface area contributed by atoms with E-state index in [0.717, 1.165) is 4.88 Å². The second-order valence-corrected chi connectivity index (χ2v) is 7.31. The highest BCUT2D eigenvalue weighted by atomic mass is 32.1. The number of nitriles is 1. The van der Waals surface area contributed by atoms with Gasteiger partial charge in [-0.2, -0.15) is 5.26 Å². The molecule has 30 heavy (non-hydrogen) atoms. The number of thiophene rings is 1. The Kier molecular flexibility index (Phi) is 5.50. The van der Waals surface area contributed by atoms with E-state index in [1.54, 1.807) is 36.4 Å². The number of fused-ring (bicyclic) bond motifs is 1. The highest BCUT2D eigenvalue weighted by molar-refractivity contribution is 7.13. The van der Waals surface area contributed by atoms with Crippen molar-refractivity contribution in [3.63, 3.8) is 0 Å². The standard InChI is InChI=1S/C23H15N3O3S/c24-13-15-5-3-6-16(11-15)25-22(27)14-29-23(28)18-12-20(21-9-4-10-30-21)26-19-8-2-1-7-17(18)19/h1-12H,14H2,(H,25,27). The minimum atomic E-state index is -0.604. The molecular weight excluding hydrogens is 398 g/mol. The van der Waals surface area contributed by atoms with Gasteiger partial charge in [0.1, 0.15) is 0 Å². The number of esters is 1. The van der Waals surface area contributed by atoms with Crippen LogP contribution >= 0.6 is 11.3 Å². The van der Waals surface area contributed by atoms with Crippen LogP contribution in [0.5, 0.6) is 0 Å². The predicted octanol–water partition coefficient (Wildman–Crippen LogP) is 4.63. The molecule has 0 spiro atoms. The molecule has 0 bridgehead atoms. The van der Waals surface area contributed by atoms with Gasteiger partial charge in [0.2, 0.25) is 0 Å². The Hall–Kier alpha value is -4.02. The second-order valence-electron chi connectivity index (χ2n) is 6.37. The van der Waals surface area contributed by atoms with Gasteiger partial charge in [-0.15, -0.1) is 11.3 Å². The van der Waals surface area contributed by atoms with Crippen molar-refractivity contribution < 1.29 is 14.3 Å². The number of hydrogen-bond acceptors (Lipinski definition) is 6. The van der Waals surface area contributed by atoms with Crippen LogP contribution < -0.4 is 5.32 Å². The molecule has 0 radical (unpaired) electrons. The van der Waals surface area contributed by atoms with Gasteiger partial charge in [-0.05, 0) is 41.8 Å². The Labute approximate surface area is 176 Å². The zero-order valence-electron chi connectivity index (χ0n) is 15.7. The van der Waals surface area contributed by atoms with Crippen LogP contribution in [0.3, 0.4) is 0 Å². The number of amides is 1. The van der Waals surface area contributed by atoms with Crippen LogP contribution in [0.4, 0.5) is 5.69 Å². The molecule has 4 aromatic rings. The predicted molar refractivity (Wildman–Crippen MR) is 115 cm³/mol. The summed E-state index contributed by atoms with van der Waals surface area (Å²) in [6.07, 6.45) is 0. The summed E-state index contributed by atoms with van der Waals surface area (Å²) in [5, 5.41) is 14.2. The fourth-order valence-electron chi connectivity index (χ4n) is 2.97. The van der Waals surface area contributed by atoms with Crippen LogP contribution in [-0.2, 0) is 9.53 Å². The monoisotopic (exact) mass is 413 g/mol. The van der Waals surface area contributed by atoms with Gasteiger partial charge in [0.25, 0.3) is 5.91 Å². The van der Waals surface area contributed by atoms with Crippen molar-refractivity contribution in [2.24, 2.45) is 0 Å². The lowest BCUT2D eigenvalue weighted by molar-refractivity contribution is -0.119. The molecule has 0 saturated carbocycles. The molecule has 1 N–H and O–H groups in total. The first kappa shape index (κ1) is 19.3. The Morgan fingerprint density at radius 2 is 1.93 bits per heavy atom. The quantitative estimate of drug-likeness (QED) is 0.482. The van der Waals surface area contributed by atoms with Crippen molar-refractivity contribution in [3.8, 4) is 16.6 Å². The molecule has 1 amide bonds. The molecule has 6 nitrogen and oxygen atoms in total. The van der Waals surface area contributed by atoms with Crippen LogP contribution in [0, 0.1) is 11.3 Å². The maximum atomic E-state index is 12.8. The van der Waals surface area contributed by atoms with E-state index in [0.29, 0.717) is 33.4 Å². The third kappa shape index (κ3) is 4.19. The van der Waals surface area contributed by atoms with Gasteiger partial charge in [0.15, 0.2) is 6.61 Å². The van der Waals surface area contributed by atoms with E-state index < -0.39 is 18.5 Å². The number of carbonyl (C=O) groups is 2. The van der Waals surface area contributed by atoms with E-state index in [2.05, 4.69) is 10.3 Å². The third-order valence-corrected chi connectivity index (χ3v) is 5.21. The van der Waals surface area contributed by atoms with Crippen LogP contribution in [0.2, 0.25) is 0 Å². The lowest BCUT2D eigenvalue weighted by atomic mass is 10.1. The molecular formula is C23H15N3O3S. The summed E-state index contributed by atoms with van der Waals surface area (Å²) in [4.78, 5) is 30.5. The van der Waals surface area contributed by atoms with Crippen molar-refractivity contribution in [1.29, 1.82) is 5.26 Å². The van der Waals surface area contributed by atoms with Crippen molar-refractivity contribution in [2.45, 2.75) is 0 Å². The van der Waals surface area contributed by atoms with Gasteiger partial charge in [-0.3, -0.25) is 4.79 Å². The minimum Gasteiger partial charge on any atom is -0.452 e. The van der Waals surface area contributed by atoms with Gasteiger partial charge in [-0.1, -0.05) is 30.3 Å². The van der Waals surface area contributed by atoms with Crippen LogP contribution in [0.15, 0.2) is 72.1 Å². The summed E-state index contributed by atoms with van der Waals surface area (Å²) in [6, 6.07) is 21.3. The number of para-hydroxylation sites is 1. The number of anilines is 1. The van der Waals surface area contributed by atoms with Crippen molar-refractivity contribution in [3.05, 3.63) is 83.2 Å². The maximum Gasteiger partial charge on any atom is 0.339 e. The lowest BCUT2D eigenvalue weighted by Crippen LogP contribution is -2.21. The van der Waals surface area contributed by atoms with Gasteiger partial charge in [-0.25, -0.2) is 9.78 Å². The van der Waals surface area contributed by atoms with E-state index in [4.69, 9.17) is 10.00 Å². The van der Waals surface area contributed by atoms with Crippen LogP contribution in [-0.4, -0.2) is 23.5 Å².